The number of methoxy groups -OCH3 is 1. The smallest absolute Gasteiger partial charge is 0.330 e. The molecule has 0 aliphatic rings. The zero-order chi connectivity index (χ0) is 17.2. The van der Waals surface area contributed by atoms with Crippen LogP contribution in [0.5, 0.6) is 0 Å². The first-order chi connectivity index (χ1) is 11.7. The molecule has 2 aromatic carbocycles. The second-order valence-electron chi connectivity index (χ2n) is 5.45. The van der Waals surface area contributed by atoms with Gasteiger partial charge in [0.25, 0.3) is 0 Å². The third-order valence-corrected chi connectivity index (χ3v) is 3.82. The van der Waals surface area contributed by atoms with Crippen molar-refractivity contribution in [2.24, 2.45) is 0 Å². The van der Waals surface area contributed by atoms with Crippen molar-refractivity contribution >= 4 is 5.97 Å². The number of ether oxygens (including phenoxy) is 1. The lowest BCUT2D eigenvalue weighted by Crippen LogP contribution is -2.31. The summed E-state index contributed by atoms with van der Waals surface area (Å²) in [6, 6.07) is 19.8. The maximum atomic E-state index is 11.3. The molecule has 0 aliphatic carbocycles. The van der Waals surface area contributed by atoms with Gasteiger partial charge in [0.05, 0.1) is 19.8 Å². The van der Waals surface area contributed by atoms with Gasteiger partial charge in [0, 0.05) is 19.2 Å². The molecule has 1 N–H and O–H groups in total. The lowest BCUT2D eigenvalue weighted by atomic mass is 10.0. The van der Waals surface area contributed by atoms with Crippen LogP contribution in [0.1, 0.15) is 17.2 Å². The van der Waals surface area contributed by atoms with Crippen molar-refractivity contribution in [1.82, 2.24) is 4.90 Å². The van der Waals surface area contributed by atoms with Crippen LogP contribution in [0.3, 0.4) is 0 Å². The monoisotopic (exact) mass is 325 g/mol. The zero-order valence-electron chi connectivity index (χ0n) is 13.8. The summed E-state index contributed by atoms with van der Waals surface area (Å²) in [7, 11) is 1.36. The minimum atomic E-state index is -0.380. The summed E-state index contributed by atoms with van der Waals surface area (Å²) in [4.78, 5) is 13.4. The van der Waals surface area contributed by atoms with Crippen molar-refractivity contribution in [3.63, 3.8) is 0 Å². The van der Waals surface area contributed by atoms with Crippen molar-refractivity contribution in [2.45, 2.75) is 12.6 Å². The standard InChI is InChI=1S/C20H23NO3/c1-24-20(23)13-8-14-21(15-17-9-4-2-5-10-17)19(16-22)18-11-6-3-7-12-18/h2-13,19,22H,14-16H2,1H3/b13-8+/t19-/m0/s1. The number of hydrogen-bond donors (Lipinski definition) is 1. The van der Waals surface area contributed by atoms with E-state index in [0.717, 1.165) is 11.1 Å². The second-order valence-corrected chi connectivity index (χ2v) is 5.45. The first kappa shape index (κ1) is 17.9. The van der Waals surface area contributed by atoms with Crippen LogP contribution in [0.15, 0.2) is 72.8 Å². The predicted molar refractivity (Wildman–Crippen MR) is 94.3 cm³/mol. The maximum Gasteiger partial charge on any atom is 0.330 e. The molecular weight excluding hydrogens is 302 g/mol. The van der Waals surface area contributed by atoms with Gasteiger partial charge in [-0.05, 0) is 11.1 Å². The van der Waals surface area contributed by atoms with Crippen molar-refractivity contribution < 1.29 is 14.6 Å². The predicted octanol–water partition coefficient (Wildman–Crippen LogP) is 2.95. The molecule has 2 aromatic rings. The van der Waals surface area contributed by atoms with E-state index >= 15 is 0 Å². The fourth-order valence-corrected chi connectivity index (χ4v) is 2.58. The Kier molecular flexibility index (Phi) is 7.21. The highest BCUT2D eigenvalue weighted by Crippen LogP contribution is 2.22. The van der Waals surface area contributed by atoms with Crippen molar-refractivity contribution in [3.8, 4) is 0 Å². The molecule has 0 amide bonds. The summed E-state index contributed by atoms with van der Waals surface area (Å²) in [5, 5.41) is 9.93. The summed E-state index contributed by atoms with van der Waals surface area (Å²) < 4.78 is 4.63. The third-order valence-electron chi connectivity index (χ3n) is 3.82. The van der Waals surface area contributed by atoms with Gasteiger partial charge in [-0.3, -0.25) is 4.90 Å². The van der Waals surface area contributed by atoms with Gasteiger partial charge >= 0.3 is 5.97 Å². The Morgan fingerprint density at radius 2 is 1.75 bits per heavy atom. The zero-order valence-corrected chi connectivity index (χ0v) is 13.8. The SMILES string of the molecule is COC(=O)/C=C/CN(Cc1ccccc1)[C@@H](CO)c1ccccc1. The van der Waals surface area contributed by atoms with E-state index in [4.69, 9.17) is 0 Å². The molecule has 126 valence electrons. The van der Waals surface area contributed by atoms with Gasteiger partial charge < -0.3 is 9.84 Å². The lowest BCUT2D eigenvalue weighted by Gasteiger charge is -2.30. The number of rotatable bonds is 8. The molecule has 0 unspecified atom stereocenters. The molecule has 0 heterocycles. The first-order valence-electron chi connectivity index (χ1n) is 7.93. The molecule has 24 heavy (non-hydrogen) atoms. The largest absolute Gasteiger partial charge is 0.466 e. The van der Waals surface area contributed by atoms with Crippen LogP contribution in [0.25, 0.3) is 0 Å². The summed E-state index contributed by atoms with van der Waals surface area (Å²) in [5.74, 6) is -0.380. The molecular formula is C20H23NO3. The highest BCUT2D eigenvalue weighted by Gasteiger charge is 2.19. The van der Waals surface area contributed by atoms with Crippen LogP contribution in [-0.2, 0) is 16.1 Å². The fourth-order valence-electron chi connectivity index (χ4n) is 2.58. The van der Waals surface area contributed by atoms with Crippen LogP contribution in [-0.4, -0.2) is 36.2 Å². The van der Waals surface area contributed by atoms with E-state index < -0.39 is 0 Å². The van der Waals surface area contributed by atoms with E-state index in [1.54, 1.807) is 6.08 Å². The topological polar surface area (TPSA) is 49.8 Å². The van der Waals surface area contributed by atoms with Crippen LogP contribution >= 0.6 is 0 Å². The summed E-state index contributed by atoms with van der Waals surface area (Å²) in [6.07, 6.45) is 3.18. The van der Waals surface area contributed by atoms with Gasteiger partial charge in [-0.2, -0.15) is 0 Å². The number of hydrogen-bond acceptors (Lipinski definition) is 4. The van der Waals surface area contributed by atoms with Gasteiger partial charge in [0.15, 0.2) is 0 Å². The molecule has 0 radical (unpaired) electrons. The van der Waals surface area contributed by atoms with Crippen LogP contribution < -0.4 is 0 Å². The molecule has 0 saturated heterocycles. The number of carbonyl (C=O) groups excluding carboxylic acids is 1. The quantitative estimate of drug-likeness (QED) is 0.599. The lowest BCUT2D eigenvalue weighted by molar-refractivity contribution is -0.134. The van der Waals surface area contributed by atoms with Gasteiger partial charge in [-0.1, -0.05) is 66.7 Å². The molecule has 4 nitrogen and oxygen atoms in total. The number of esters is 1. The van der Waals surface area contributed by atoms with E-state index in [1.165, 1.54) is 13.2 Å². The summed E-state index contributed by atoms with van der Waals surface area (Å²) in [5.41, 5.74) is 2.20. The van der Waals surface area contributed by atoms with E-state index in [0.29, 0.717) is 13.1 Å². The first-order valence-corrected chi connectivity index (χ1v) is 7.93. The van der Waals surface area contributed by atoms with Crippen molar-refractivity contribution in [3.05, 3.63) is 83.9 Å². The molecule has 0 saturated carbocycles. The highest BCUT2D eigenvalue weighted by atomic mass is 16.5. The number of aliphatic hydroxyl groups is 1. The Morgan fingerprint density at radius 1 is 1.12 bits per heavy atom. The molecule has 0 fully saturated rings. The van der Waals surface area contributed by atoms with E-state index in [9.17, 15) is 9.90 Å². The molecule has 2 rings (SSSR count). The van der Waals surface area contributed by atoms with Gasteiger partial charge in [-0.15, -0.1) is 0 Å². The average Bonchev–Trinajstić information content (AvgIpc) is 2.63. The fraction of sp³-hybridized carbons (Fsp3) is 0.250. The van der Waals surface area contributed by atoms with E-state index in [2.05, 4.69) is 21.8 Å². The van der Waals surface area contributed by atoms with E-state index in [-0.39, 0.29) is 18.6 Å². The van der Waals surface area contributed by atoms with E-state index in [1.807, 2.05) is 48.5 Å². The molecule has 0 spiro atoms. The van der Waals surface area contributed by atoms with Crippen molar-refractivity contribution in [1.29, 1.82) is 0 Å². The highest BCUT2D eigenvalue weighted by molar-refractivity contribution is 5.81. The second kappa shape index (κ2) is 9.65. The molecule has 0 aliphatic heterocycles. The Bertz CT molecular complexity index is 640. The summed E-state index contributed by atoms with van der Waals surface area (Å²) in [6.45, 7) is 1.21. The number of carbonyl (C=O) groups is 1. The maximum absolute atomic E-state index is 11.3. The normalized spacial score (nSPS) is 12.5. The molecule has 4 heteroatoms. The van der Waals surface area contributed by atoms with Crippen molar-refractivity contribution in [2.75, 3.05) is 20.3 Å². The van der Waals surface area contributed by atoms with Gasteiger partial charge in [0.2, 0.25) is 0 Å². The number of nitrogens with zero attached hydrogens (tertiary/aromatic N) is 1. The molecule has 0 bridgehead atoms. The summed E-state index contributed by atoms with van der Waals surface area (Å²) >= 11 is 0. The minimum Gasteiger partial charge on any atom is -0.466 e. The van der Waals surface area contributed by atoms with Crippen LogP contribution in [0, 0.1) is 0 Å². The molecule has 0 aromatic heterocycles. The third kappa shape index (κ3) is 5.33. The molecule has 1 atom stereocenters. The van der Waals surface area contributed by atoms with Crippen LogP contribution in [0.2, 0.25) is 0 Å². The van der Waals surface area contributed by atoms with Crippen LogP contribution in [0.4, 0.5) is 0 Å². The van der Waals surface area contributed by atoms with Gasteiger partial charge in [0.1, 0.15) is 0 Å². The Morgan fingerprint density at radius 3 is 2.33 bits per heavy atom. The average molecular weight is 325 g/mol. The Labute approximate surface area is 143 Å². The number of aliphatic hydroxyl groups excluding tert-OH is 1. The minimum absolute atomic E-state index is 0.00289. The Balaban J connectivity index is 2.20. The Hall–Kier alpha value is -2.43. The number of benzene rings is 2. The van der Waals surface area contributed by atoms with Gasteiger partial charge in [-0.25, -0.2) is 4.79 Å².